The van der Waals surface area contributed by atoms with Gasteiger partial charge in [-0.05, 0) is 47.5 Å². The van der Waals surface area contributed by atoms with Gasteiger partial charge in [0.1, 0.15) is 5.65 Å². The highest BCUT2D eigenvalue weighted by Crippen LogP contribution is 2.43. The average Bonchev–Trinajstić information content (AvgIpc) is 3.72. The molecule has 0 radical (unpaired) electrons. The van der Waals surface area contributed by atoms with Crippen molar-refractivity contribution in [3.8, 4) is 45.5 Å². The summed E-state index contributed by atoms with van der Waals surface area (Å²) in [6.45, 7) is 0. The highest BCUT2D eigenvalue weighted by atomic mass is 15.2. The van der Waals surface area contributed by atoms with Crippen LogP contribution in [0.5, 0.6) is 0 Å². The lowest BCUT2D eigenvalue weighted by molar-refractivity contribution is 0.953. The third-order valence-corrected chi connectivity index (χ3v) is 9.45. The van der Waals surface area contributed by atoms with Gasteiger partial charge in [0.05, 0.1) is 16.6 Å². The van der Waals surface area contributed by atoms with E-state index in [-0.39, 0.29) is 0 Å². The van der Waals surface area contributed by atoms with Crippen LogP contribution >= 0.6 is 0 Å². The summed E-state index contributed by atoms with van der Waals surface area (Å²) >= 11 is 0. The number of para-hydroxylation sites is 3. The maximum Gasteiger partial charge on any atom is 0.238 e. The predicted octanol–water partition coefficient (Wildman–Crippen LogP) is 10.5. The molecule has 6 heteroatoms. The summed E-state index contributed by atoms with van der Waals surface area (Å²) in [6, 6.07) is 56.5. The molecular formula is C44H28N6. The first kappa shape index (κ1) is 28.1. The molecule has 0 N–H and O–H groups in total. The van der Waals surface area contributed by atoms with E-state index in [1.807, 2.05) is 72.9 Å². The number of aromatic nitrogens is 6. The maximum absolute atomic E-state index is 5.13. The Balaban J connectivity index is 1.28. The Hall–Kier alpha value is -6.92. The summed E-state index contributed by atoms with van der Waals surface area (Å²) in [4.78, 5) is 20.2. The van der Waals surface area contributed by atoms with E-state index in [1.165, 1.54) is 0 Å². The molecule has 0 spiro atoms. The lowest BCUT2D eigenvalue weighted by Gasteiger charge is -2.11. The third kappa shape index (κ3) is 4.36. The molecule has 0 unspecified atom stereocenters. The first-order valence-corrected chi connectivity index (χ1v) is 16.7. The van der Waals surface area contributed by atoms with E-state index in [1.54, 1.807) is 0 Å². The van der Waals surface area contributed by atoms with Gasteiger partial charge >= 0.3 is 0 Å². The van der Waals surface area contributed by atoms with Crippen molar-refractivity contribution in [1.29, 1.82) is 0 Å². The van der Waals surface area contributed by atoms with E-state index in [2.05, 4.69) is 106 Å². The van der Waals surface area contributed by atoms with Crippen LogP contribution in [0.2, 0.25) is 0 Å². The van der Waals surface area contributed by atoms with Crippen molar-refractivity contribution in [2.75, 3.05) is 0 Å². The molecule has 234 valence electrons. The fourth-order valence-electron chi connectivity index (χ4n) is 7.30. The number of benzene rings is 6. The standard InChI is InChI=1S/C44H28N6/c1-4-15-29(16-5-1)41-46-42(30-17-6-2-7-18-30)48-44(47-41)50-37-25-13-10-21-34(37)39-32(23-14-26-38(39)50)33-27-28-45-43-40(33)35-22-11-12-24-36(35)49(43)31-19-8-3-9-20-31/h1-28H. The molecular weight excluding hydrogens is 613 g/mol. The molecule has 0 amide bonds. The molecule has 0 aliphatic heterocycles. The Morgan fingerprint density at radius 2 is 0.900 bits per heavy atom. The van der Waals surface area contributed by atoms with Gasteiger partial charge in [-0.1, -0.05) is 127 Å². The quantitative estimate of drug-likeness (QED) is 0.188. The van der Waals surface area contributed by atoms with E-state index in [4.69, 9.17) is 19.9 Å². The summed E-state index contributed by atoms with van der Waals surface area (Å²) in [7, 11) is 0. The molecule has 0 saturated heterocycles. The van der Waals surface area contributed by atoms with Crippen molar-refractivity contribution in [2.45, 2.75) is 0 Å². The molecule has 0 aliphatic carbocycles. The Morgan fingerprint density at radius 3 is 1.56 bits per heavy atom. The van der Waals surface area contributed by atoms with Crippen molar-refractivity contribution in [3.05, 3.63) is 170 Å². The van der Waals surface area contributed by atoms with Crippen molar-refractivity contribution in [2.24, 2.45) is 0 Å². The van der Waals surface area contributed by atoms with Gasteiger partial charge in [0.25, 0.3) is 0 Å². The van der Waals surface area contributed by atoms with Gasteiger partial charge in [-0.2, -0.15) is 9.97 Å². The van der Waals surface area contributed by atoms with Crippen LogP contribution in [0.25, 0.3) is 89.3 Å². The third-order valence-electron chi connectivity index (χ3n) is 9.45. The Morgan fingerprint density at radius 1 is 0.380 bits per heavy atom. The molecule has 10 rings (SSSR count). The van der Waals surface area contributed by atoms with Crippen molar-refractivity contribution >= 4 is 43.7 Å². The van der Waals surface area contributed by atoms with Gasteiger partial charge in [-0.25, -0.2) is 9.97 Å². The Kier molecular flexibility index (Phi) is 6.39. The number of pyridine rings is 1. The number of hydrogen-bond acceptors (Lipinski definition) is 4. The molecule has 0 saturated carbocycles. The minimum atomic E-state index is 0.571. The summed E-state index contributed by atoms with van der Waals surface area (Å²) in [6.07, 6.45) is 1.93. The van der Waals surface area contributed by atoms with Crippen LogP contribution in [0.3, 0.4) is 0 Å². The predicted molar refractivity (Wildman–Crippen MR) is 203 cm³/mol. The van der Waals surface area contributed by atoms with Gasteiger partial charge in [0.2, 0.25) is 5.95 Å². The summed E-state index contributed by atoms with van der Waals surface area (Å²) in [5.41, 5.74) is 9.29. The zero-order valence-electron chi connectivity index (χ0n) is 26.8. The van der Waals surface area contributed by atoms with E-state index < -0.39 is 0 Å². The highest BCUT2D eigenvalue weighted by Gasteiger charge is 2.22. The van der Waals surface area contributed by atoms with Crippen molar-refractivity contribution in [3.63, 3.8) is 0 Å². The number of hydrogen-bond donors (Lipinski definition) is 0. The Bertz CT molecular complexity index is 2800. The van der Waals surface area contributed by atoms with Gasteiger partial charge in [-0.15, -0.1) is 0 Å². The number of rotatable bonds is 5. The first-order valence-electron chi connectivity index (χ1n) is 16.7. The molecule has 0 bridgehead atoms. The molecule has 0 fully saturated rings. The zero-order valence-corrected chi connectivity index (χ0v) is 26.8. The summed E-state index contributed by atoms with van der Waals surface area (Å²) in [5.74, 6) is 1.82. The van der Waals surface area contributed by atoms with Gasteiger partial charge in [-0.3, -0.25) is 9.13 Å². The van der Waals surface area contributed by atoms with Crippen LogP contribution in [0.1, 0.15) is 0 Å². The fraction of sp³-hybridized carbons (Fsp3) is 0. The molecule has 0 atom stereocenters. The first-order chi connectivity index (χ1) is 24.8. The second-order valence-electron chi connectivity index (χ2n) is 12.3. The molecule has 0 aliphatic rings. The largest absolute Gasteiger partial charge is 0.294 e. The van der Waals surface area contributed by atoms with Crippen LogP contribution in [0, 0.1) is 0 Å². The molecule has 10 aromatic rings. The van der Waals surface area contributed by atoms with Crippen LogP contribution in [0.15, 0.2) is 170 Å². The monoisotopic (exact) mass is 640 g/mol. The van der Waals surface area contributed by atoms with E-state index in [0.29, 0.717) is 17.6 Å². The minimum absolute atomic E-state index is 0.571. The molecule has 4 heterocycles. The normalized spacial score (nSPS) is 11.6. The maximum atomic E-state index is 5.13. The molecule has 4 aromatic heterocycles. The van der Waals surface area contributed by atoms with Gasteiger partial charge in [0.15, 0.2) is 11.6 Å². The zero-order chi connectivity index (χ0) is 33.0. The van der Waals surface area contributed by atoms with Crippen LogP contribution in [0.4, 0.5) is 0 Å². The Labute approximate surface area is 287 Å². The fourth-order valence-corrected chi connectivity index (χ4v) is 7.30. The van der Waals surface area contributed by atoms with Crippen molar-refractivity contribution in [1.82, 2.24) is 29.1 Å². The SMILES string of the molecule is c1ccc(-c2nc(-c3ccccc3)nc(-n3c4ccccc4c4c(-c5ccnc6c5c5ccccc5n6-c5ccccc5)cccc43)n2)cc1. The van der Waals surface area contributed by atoms with Gasteiger partial charge in [0, 0.05) is 44.6 Å². The average molecular weight is 641 g/mol. The van der Waals surface area contributed by atoms with E-state index in [0.717, 1.165) is 71.7 Å². The number of nitrogens with zero attached hydrogens (tertiary/aromatic N) is 6. The van der Waals surface area contributed by atoms with Gasteiger partial charge < -0.3 is 0 Å². The molecule has 6 nitrogen and oxygen atoms in total. The summed E-state index contributed by atoms with van der Waals surface area (Å²) < 4.78 is 4.44. The van der Waals surface area contributed by atoms with E-state index in [9.17, 15) is 0 Å². The van der Waals surface area contributed by atoms with Crippen LogP contribution < -0.4 is 0 Å². The van der Waals surface area contributed by atoms with E-state index >= 15 is 0 Å². The number of fused-ring (bicyclic) bond motifs is 6. The topological polar surface area (TPSA) is 61.4 Å². The lowest BCUT2D eigenvalue weighted by atomic mass is 9.97. The van der Waals surface area contributed by atoms with Crippen molar-refractivity contribution < 1.29 is 0 Å². The minimum Gasteiger partial charge on any atom is -0.294 e. The second-order valence-corrected chi connectivity index (χ2v) is 12.3. The molecule has 50 heavy (non-hydrogen) atoms. The summed E-state index contributed by atoms with van der Waals surface area (Å²) in [5, 5.41) is 4.54. The van der Waals surface area contributed by atoms with Crippen LogP contribution in [-0.4, -0.2) is 29.1 Å². The molecule has 6 aromatic carbocycles. The second kappa shape index (κ2) is 11.4. The van der Waals surface area contributed by atoms with Crippen LogP contribution in [-0.2, 0) is 0 Å². The highest BCUT2D eigenvalue weighted by molar-refractivity contribution is 6.21. The lowest BCUT2D eigenvalue weighted by Crippen LogP contribution is -2.06. The smallest absolute Gasteiger partial charge is 0.238 e.